The summed E-state index contributed by atoms with van der Waals surface area (Å²) < 4.78 is 5.03. The molecule has 1 rings (SSSR count). The number of nitrogens with one attached hydrogen (secondary N) is 1. The fourth-order valence-electron chi connectivity index (χ4n) is 1.76. The highest BCUT2D eigenvalue weighted by Gasteiger charge is 2.20. The summed E-state index contributed by atoms with van der Waals surface area (Å²) in [5, 5.41) is 3.74. The van der Waals surface area contributed by atoms with Crippen LogP contribution in [0.4, 0.5) is 0 Å². The van der Waals surface area contributed by atoms with E-state index in [2.05, 4.69) is 5.32 Å². The summed E-state index contributed by atoms with van der Waals surface area (Å²) in [5.41, 5.74) is 1.54. The van der Waals surface area contributed by atoms with E-state index in [1.165, 1.54) is 13.0 Å². The van der Waals surface area contributed by atoms with Crippen LogP contribution in [0.15, 0.2) is 29.8 Å². The second kappa shape index (κ2) is 8.20. The van der Waals surface area contributed by atoms with Crippen molar-refractivity contribution in [1.82, 2.24) is 5.32 Å². The number of esters is 1. The summed E-state index contributed by atoms with van der Waals surface area (Å²) in [6.45, 7) is 6.85. The highest BCUT2D eigenvalue weighted by molar-refractivity contribution is 6.35. The van der Waals surface area contributed by atoms with Gasteiger partial charge in [0.1, 0.15) is 0 Å². The maximum atomic E-state index is 12.0. The Morgan fingerprint density at radius 2 is 1.86 bits per heavy atom. The summed E-state index contributed by atoms with van der Waals surface area (Å²) in [6, 6.07) is 4.72. The van der Waals surface area contributed by atoms with Gasteiger partial charge in [0.15, 0.2) is 6.10 Å². The van der Waals surface area contributed by atoms with Gasteiger partial charge in [0.25, 0.3) is 5.91 Å². The Morgan fingerprint density at radius 3 is 2.41 bits per heavy atom. The minimum absolute atomic E-state index is 0.332. The molecule has 6 heteroatoms. The van der Waals surface area contributed by atoms with Crippen LogP contribution in [-0.4, -0.2) is 18.0 Å². The van der Waals surface area contributed by atoms with E-state index in [9.17, 15) is 9.59 Å². The van der Waals surface area contributed by atoms with E-state index < -0.39 is 18.0 Å². The summed E-state index contributed by atoms with van der Waals surface area (Å²) in [6.07, 6.45) is 0.445. The molecular weight excluding hydrogens is 325 g/mol. The van der Waals surface area contributed by atoms with Crippen molar-refractivity contribution in [2.24, 2.45) is 0 Å². The third-order valence-electron chi connectivity index (χ3n) is 2.86. The number of allylic oxidation sites excluding steroid dienone is 1. The lowest BCUT2D eigenvalue weighted by Crippen LogP contribution is -2.37. The van der Waals surface area contributed by atoms with Crippen molar-refractivity contribution in [2.45, 2.75) is 39.8 Å². The average Bonchev–Trinajstić information content (AvgIpc) is 2.36. The van der Waals surface area contributed by atoms with Crippen molar-refractivity contribution >= 4 is 35.1 Å². The quantitative estimate of drug-likeness (QED) is 0.647. The van der Waals surface area contributed by atoms with Crippen molar-refractivity contribution in [3.63, 3.8) is 0 Å². The number of carbonyl (C=O) groups excluding carboxylic acids is 2. The number of benzene rings is 1. The Morgan fingerprint density at radius 1 is 1.23 bits per heavy atom. The molecule has 0 aliphatic carbocycles. The van der Waals surface area contributed by atoms with E-state index in [-0.39, 0.29) is 6.04 Å². The monoisotopic (exact) mass is 343 g/mol. The third-order valence-corrected chi connectivity index (χ3v) is 3.42. The minimum atomic E-state index is -0.892. The molecule has 22 heavy (non-hydrogen) atoms. The number of ether oxygens (including phenoxy) is 1. The Hall–Kier alpha value is -1.52. The highest BCUT2D eigenvalue weighted by Crippen LogP contribution is 2.26. The Bertz CT molecular complexity index is 595. The summed E-state index contributed by atoms with van der Waals surface area (Å²) in [7, 11) is 0. The van der Waals surface area contributed by atoms with Gasteiger partial charge in [0.05, 0.1) is 6.04 Å². The fourth-order valence-corrected chi connectivity index (χ4v) is 2.33. The lowest BCUT2D eigenvalue weighted by molar-refractivity contribution is -0.150. The van der Waals surface area contributed by atoms with Gasteiger partial charge in [-0.2, -0.15) is 0 Å². The molecule has 1 aromatic carbocycles. The van der Waals surface area contributed by atoms with Gasteiger partial charge in [0, 0.05) is 16.1 Å². The summed E-state index contributed by atoms with van der Waals surface area (Å²) >= 11 is 11.9. The van der Waals surface area contributed by atoms with Crippen LogP contribution in [-0.2, 0) is 14.3 Å². The van der Waals surface area contributed by atoms with Gasteiger partial charge in [-0.25, -0.2) is 4.79 Å². The first-order valence-electron chi connectivity index (χ1n) is 6.81. The maximum Gasteiger partial charge on any atom is 0.331 e. The van der Waals surface area contributed by atoms with Crippen molar-refractivity contribution in [3.05, 3.63) is 45.5 Å². The SMILES string of the molecule is CC(C)=CC(=O)O[C@@H](C)C(=O)N[C@@H](C)c1ccc(Cl)cc1Cl. The molecular formula is C16H19Cl2NO3. The van der Waals surface area contributed by atoms with E-state index in [1.807, 2.05) is 0 Å². The zero-order valence-corrected chi connectivity index (χ0v) is 14.5. The molecule has 0 spiro atoms. The molecule has 1 aromatic rings. The maximum absolute atomic E-state index is 12.0. The van der Waals surface area contributed by atoms with Gasteiger partial charge < -0.3 is 10.1 Å². The second-order valence-electron chi connectivity index (χ2n) is 5.20. The van der Waals surface area contributed by atoms with Crippen LogP contribution in [0.5, 0.6) is 0 Å². The third kappa shape index (κ3) is 5.70. The Labute approximate surface area is 140 Å². The number of carbonyl (C=O) groups is 2. The number of rotatable bonds is 5. The first-order chi connectivity index (χ1) is 10.2. The molecule has 120 valence electrons. The molecule has 0 radical (unpaired) electrons. The number of hydrogen-bond donors (Lipinski definition) is 1. The van der Waals surface area contributed by atoms with Crippen molar-refractivity contribution in [2.75, 3.05) is 0 Å². The lowest BCUT2D eigenvalue weighted by Gasteiger charge is -2.19. The molecule has 0 unspecified atom stereocenters. The van der Waals surface area contributed by atoms with E-state index in [4.69, 9.17) is 27.9 Å². The number of amides is 1. The normalized spacial score (nSPS) is 13.0. The molecule has 0 aliphatic heterocycles. The minimum Gasteiger partial charge on any atom is -0.449 e. The van der Waals surface area contributed by atoms with Crippen LogP contribution in [0.3, 0.4) is 0 Å². The van der Waals surface area contributed by atoms with Gasteiger partial charge in [-0.05, 0) is 45.4 Å². The molecule has 0 fully saturated rings. The Kier molecular flexibility index (Phi) is 6.91. The van der Waals surface area contributed by atoms with E-state index >= 15 is 0 Å². The van der Waals surface area contributed by atoms with Crippen LogP contribution < -0.4 is 5.32 Å². The Balaban J connectivity index is 2.67. The van der Waals surface area contributed by atoms with Gasteiger partial charge in [-0.1, -0.05) is 34.8 Å². The van der Waals surface area contributed by atoms with Gasteiger partial charge in [-0.3, -0.25) is 4.79 Å². The van der Waals surface area contributed by atoms with Crippen molar-refractivity contribution in [3.8, 4) is 0 Å². The predicted octanol–water partition coefficient (Wildman–Crippen LogP) is 4.07. The molecule has 0 saturated carbocycles. The molecule has 1 amide bonds. The first-order valence-corrected chi connectivity index (χ1v) is 7.57. The van der Waals surface area contributed by atoms with E-state index in [1.54, 1.807) is 39.0 Å². The molecule has 0 heterocycles. The van der Waals surface area contributed by atoms with Gasteiger partial charge in [-0.15, -0.1) is 0 Å². The molecule has 0 bridgehead atoms. The molecule has 1 N–H and O–H groups in total. The fraction of sp³-hybridized carbons (Fsp3) is 0.375. The largest absolute Gasteiger partial charge is 0.449 e. The predicted molar refractivity (Wildman–Crippen MR) is 88.0 cm³/mol. The lowest BCUT2D eigenvalue weighted by atomic mass is 10.1. The van der Waals surface area contributed by atoms with Crippen LogP contribution >= 0.6 is 23.2 Å². The van der Waals surface area contributed by atoms with Gasteiger partial charge >= 0.3 is 5.97 Å². The molecule has 4 nitrogen and oxygen atoms in total. The van der Waals surface area contributed by atoms with Gasteiger partial charge in [0.2, 0.25) is 0 Å². The molecule has 0 aliphatic rings. The summed E-state index contributed by atoms with van der Waals surface area (Å²) in [5.74, 6) is -0.936. The number of hydrogen-bond acceptors (Lipinski definition) is 3. The highest BCUT2D eigenvalue weighted by atomic mass is 35.5. The van der Waals surface area contributed by atoms with E-state index in [0.717, 1.165) is 11.1 Å². The summed E-state index contributed by atoms with van der Waals surface area (Å²) in [4.78, 5) is 23.5. The molecule has 2 atom stereocenters. The van der Waals surface area contributed by atoms with E-state index in [0.29, 0.717) is 10.0 Å². The van der Waals surface area contributed by atoms with Crippen LogP contribution in [0.2, 0.25) is 10.0 Å². The van der Waals surface area contributed by atoms with Crippen molar-refractivity contribution in [1.29, 1.82) is 0 Å². The average molecular weight is 344 g/mol. The zero-order chi connectivity index (χ0) is 16.9. The smallest absolute Gasteiger partial charge is 0.331 e. The second-order valence-corrected chi connectivity index (χ2v) is 6.04. The molecule has 0 aromatic heterocycles. The topological polar surface area (TPSA) is 55.4 Å². The molecule has 0 saturated heterocycles. The van der Waals surface area contributed by atoms with Crippen LogP contribution in [0.1, 0.15) is 39.3 Å². The van der Waals surface area contributed by atoms with Crippen molar-refractivity contribution < 1.29 is 14.3 Å². The van der Waals surface area contributed by atoms with Crippen LogP contribution in [0.25, 0.3) is 0 Å². The number of halogens is 2. The first kappa shape index (κ1) is 18.5. The standard InChI is InChI=1S/C16H19Cl2NO3/c1-9(2)7-15(20)22-11(4)16(21)19-10(3)13-6-5-12(17)8-14(13)18/h5-8,10-11H,1-4H3,(H,19,21)/t10-,11-/m0/s1. The zero-order valence-electron chi connectivity index (χ0n) is 12.9. The van der Waals surface area contributed by atoms with Crippen LogP contribution in [0, 0.1) is 0 Å².